The number of nitrogens with one attached hydrogen (secondary N) is 1. The number of fused-ring (bicyclic) bond motifs is 1. The number of phenolic OH excluding ortho intramolecular Hbond substituents is 2. The van der Waals surface area contributed by atoms with E-state index < -0.39 is 0 Å². The lowest BCUT2D eigenvalue weighted by Crippen LogP contribution is -2.00. The summed E-state index contributed by atoms with van der Waals surface area (Å²) >= 11 is 5.56. The van der Waals surface area contributed by atoms with E-state index in [1.54, 1.807) is 6.07 Å². The molecule has 33 heavy (non-hydrogen) atoms. The third-order valence-electron chi connectivity index (χ3n) is 5.78. The summed E-state index contributed by atoms with van der Waals surface area (Å²) in [5, 5.41) is 29.0. The average Bonchev–Trinajstić information content (AvgIpc) is 3.41. The summed E-state index contributed by atoms with van der Waals surface area (Å²) in [6.45, 7) is 9.16. The molecule has 6 nitrogen and oxygen atoms in total. The van der Waals surface area contributed by atoms with Crippen LogP contribution in [-0.2, 0) is 13.0 Å². The standard InChI is InChI=1S/C24H28N4O2S.C2H6/c1-3-5-6-7-12-27-13-11-17-19(27)9-8-10-20(17)28-23(25-26-24(28)31)18-14-16(4-2)21(29)15-22(18)30;1-2/h8-11,13-15,29-30H,3-7,12H2,1-2H3,(H,26,31);1-2H3. The number of phenols is 2. The molecule has 0 aliphatic heterocycles. The van der Waals surface area contributed by atoms with Gasteiger partial charge in [0.1, 0.15) is 11.5 Å². The van der Waals surface area contributed by atoms with Gasteiger partial charge in [0.2, 0.25) is 0 Å². The second-order valence-electron chi connectivity index (χ2n) is 7.82. The number of aryl methyl sites for hydroxylation is 2. The summed E-state index contributed by atoms with van der Waals surface area (Å²) in [5.74, 6) is 0.553. The van der Waals surface area contributed by atoms with E-state index >= 15 is 0 Å². The second-order valence-corrected chi connectivity index (χ2v) is 8.21. The van der Waals surface area contributed by atoms with E-state index in [4.69, 9.17) is 12.2 Å². The summed E-state index contributed by atoms with van der Waals surface area (Å²) in [7, 11) is 0. The van der Waals surface area contributed by atoms with Crippen molar-refractivity contribution in [3.8, 4) is 28.6 Å². The topological polar surface area (TPSA) is 79.0 Å². The number of aromatic nitrogens is 4. The number of H-pyrrole nitrogens is 1. The van der Waals surface area contributed by atoms with Gasteiger partial charge in [0.05, 0.1) is 16.8 Å². The Balaban J connectivity index is 0.00000149. The largest absolute Gasteiger partial charge is 0.508 e. The minimum absolute atomic E-state index is 0.0365. The molecule has 0 radical (unpaired) electrons. The Kier molecular flexibility index (Phi) is 8.33. The second kappa shape index (κ2) is 11.2. The van der Waals surface area contributed by atoms with Gasteiger partial charge in [0.25, 0.3) is 0 Å². The third kappa shape index (κ3) is 4.98. The van der Waals surface area contributed by atoms with Gasteiger partial charge in [-0.25, -0.2) is 0 Å². The summed E-state index contributed by atoms with van der Waals surface area (Å²) < 4.78 is 4.58. The van der Waals surface area contributed by atoms with Crippen LogP contribution in [0.4, 0.5) is 0 Å². The molecule has 0 spiro atoms. The first kappa shape index (κ1) is 24.6. The number of unbranched alkanes of at least 4 members (excludes halogenated alkanes) is 3. The molecule has 176 valence electrons. The average molecular weight is 467 g/mol. The van der Waals surface area contributed by atoms with Crippen LogP contribution in [0.15, 0.2) is 42.6 Å². The van der Waals surface area contributed by atoms with E-state index in [1.807, 2.05) is 37.5 Å². The third-order valence-corrected chi connectivity index (χ3v) is 6.05. The molecule has 0 fully saturated rings. The Hall–Kier alpha value is -3.06. The van der Waals surface area contributed by atoms with Crippen LogP contribution in [0.5, 0.6) is 11.5 Å². The highest BCUT2D eigenvalue weighted by atomic mass is 32.1. The predicted molar refractivity (Wildman–Crippen MR) is 138 cm³/mol. The first-order chi connectivity index (χ1) is 16.0. The van der Waals surface area contributed by atoms with Crippen LogP contribution in [0.25, 0.3) is 28.0 Å². The number of hydrogen-bond acceptors (Lipinski definition) is 4. The van der Waals surface area contributed by atoms with Gasteiger partial charge in [-0.2, -0.15) is 5.10 Å². The minimum atomic E-state index is -0.0365. The zero-order chi connectivity index (χ0) is 24.0. The van der Waals surface area contributed by atoms with Crippen molar-refractivity contribution < 1.29 is 10.2 Å². The number of rotatable bonds is 8. The molecule has 4 aromatic rings. The fraction of sp³-hybridized carbons (Fsp3) is 0.385. The molecule has 0 aliphatic carbocycles. The van der Waals surface area contributed by atoms with E-state index in [2.05, 4.69) is 40.0 Å². The van der Waals surface area contributed by atoms with Gasteiger partial charge in [-0.1, -0.05) is 53.0 Å². The molecule has 0 bridgehead atoms. The SMILES string of the molecule is CC.CCCCCCn1ccc2c(-n3c(-c4cc(CC)c(O)cc4O)n[nH]c3=S)cccc21. The van der Waals surface area contributed by atoms with Crippen molar-refractivity contribution in [2.45, 2.75) is 66.3 Å². The molecular formula is C26H34N4O2S. The summed E-state index contributed by atoms with van der Waals surface area (Å²) in [4.78, 5) is 0. The maximum atomic E-state index is 10.5. The first-order valence-corrected chi connectivity index (χ1v) is 12.3. The van der Waals surface area contributed by atoms with Crippen molar-refractivity contribution in [1.29, 1.82) is 0 Å². The molecule has 2 aromatic carbocycles. The number of aromatic hydroxyl groups is 2. The Morgan fingerprint density at radius 1 is 1.00 bits per heavy atom. The van der Waals surface area contributed by atoms with E-state index in [0.717, 1.165) is 35.1 Å². The highest BCUT2D eigenvalue weighted by Crippen LogP contribution is 2.36. The fourth-order valence-corrected chi connectivity index (χ4v) is 4.32. The lowest BCUT2D eigenvalue weighted by atomic mass is 10.1. The van der Waals surface area contributed by atoms with Crippen molar-refractivity contribution >= 4 is 23.1 Å². The van der Waals surface area contributed by atoms with Gasteiger partial charge < -0.3 is 14.8 Å². The molecule has 0 aliphatic rings. The predicted octanol–water partition coefficient (Wildman–Crippen LogP) is 7.13. The molecule has 3 N–H and O–H groups in total. The lowest BCUT2D eigenvalue weighted by molar-refractivity contribution is 0.447. The molecule has 4 rings (SSSR count). The summed E-state index contributed by atoms with van der Waals surface area (Å²) in [6.07, 6.45) is 7.62. The Labute approximate surface area is 200 Å². The molecule has 0 saturated heterocycles. The van der Waals surface area contributed by atoms with E-state index in [-0.39, 0.29) is 11.5 Å². The van der Waals surface area contributed by atoms with Gasteiger partial charge >= 0.3 is 0 Å². The molecular weight excluding hydrogens is 432 g/mol. The molecule has 0 saturated carbocycles. The van der Waals surface area contributed by atoms with Crippen molar-refractivity contribution in [1.82, 2.24) is 19.3 Å². The summed E-state index contributed by atoms with van der Waals surface area (Å²) in [5.41, 5.74) is 3.32. The van der Waals surface area contributed by atoms with Gasteiger partial charge in [0.15, 0.2) is 10.6 Å². The van der Waals surface area contributed by atoms with E-state index in [0.29, 0.717) is 22.6 Å². The Morgan fingerprint density at radius 3 is 2.52 bits per heavy atom. The molecule has 2 aromatic heterocycles. The monoisotopic (exact) mass is 466 g/mol. The number of benzene rings is 2. The quantitative estimate of drug-likeness (QED) is 0.191. The Morgan fingerprint density at radius 2 is 1.79 bits per heavy atom. The number of aromatic amines is 1. The van der Waals surface area contributed by atoms with Crippen molar-refractivity contribution in [3.63, 3.8) is 0 Å². The van der Waals surface area contributed by atoms with Gasteiger partial charge in [0, 0.05) is 24.2 Å². The Bertz CT molecular complexity index is 1270. The van der Waals surface area contributed by atoms with Crippen LogP contribution < -0.4 is 0 Å². The zero-order valence-corrected chi connectivity index (χ0v) is 20.7. The first-order valence-electron chi connectivity index (χ1n) is 11.9. The van der Waals surface area contributed by atoms with Crippen molar-refractivity contribution in [2.75, 3.05) is 0 Å². The molecule has 0 amide bonds. The summed E-state index contributed by atoms with van der Waals surface area (Å²) in [6, 6.07) is 11.4. The van der Waals surface area contributed by atoms with E-state index in [9.17, 15) is 10.2 Å². The van der Waals surface area contributed by atoms with Crippen molar-refractivity contribution in [2.24, 2.45) is 0 Å². The van der Waals surface area contributed by atoms with Crippen molar-refractivity contribution in [3.05, 3.63) is 52.9 Å². The number of hydrogen-bond donors (Lipinski definition) is 3. The van der Waals surface area contributed by atoms with Crippen LogP contribution in [0, 0.1) is 4.77 Å². The van der Waals surface area contributed by atoms with Gasteiger partial charge in [-0.3, -0.25) is 9.67 Å². The number of nitrogens with zero attached hydrogens (tertiary/aromatic N) is 3. The van der Waals surface area contributed by atoms with Gasteiger partial charge in [-0.05, 0) is 54.9 Å². The normalized spacial score (nSPS) is 10.9. The lowest BCUT2D eigenvalue weighted by Gasteiger charge is -2.12. The van der Waals surface area contributed by atoms with Crippen LogP contribution in [0.3, 0.4) is 0 Å². The highest BCUT2D eigenvalue weighted by molar-refractivity contribution is 7.71. The molecule has 2 heterocycles. The molecule has 0 unspecified atom stereocenters. The molecule has 7 heteroatoms. The van der Waals surface area contributed by atoms with E-state index in [1.165, 1.54) is 25.3 Å². The maximum absolute atomic E-state index is 10.5. The maximum Gasteiger partial charge on any atom is 0.200 e. The van der Waals surface area contributed by atoms with Crippen LogP contribution in [0.2, 0.25) is 0 Å². The zero-order valence-electron chi connectivity index (χ0n) is 19.9. The van der Waals surface area contributed by atoms with Crippen LogP contribution in [0.1, 0.15) is 58.9 Å². The van der Waals surface area contributed by atoms with Gasteiger partial charge in [-0.15, -0.1) is 0 Å². The minimum Gasteiger partial charge on any atom is -0.508 e. The van der Waals surface area contributed by atoms with Crippen LogP contribution >= 0.6 is 12.2 Å². The smallest absolute Gasteiger partial charge is 0.200 e. The fourth-order valence-electron chi connectivity index (χ4n) is 4.09. The van der Waals surface area contributed by atoms with Crippen LogP contribution in [-0.4, -0.2) is 29.5 Å². The highest BCUT2D eigenvalue weighted by Gasteiger charge is 2.18. The molecule has 0 atom stereocenters.